The van der Waals surface area contributed by atoms with Crippen LogP contribution in [0, 0.1) is 5.82 Å². The Balaban J connectivity index is 1.38. The fourth-order valence-electron chi connectivity index (χ4n) is 3.37. The highest BCUT2D eigenvalue weighted by Gasteiger charge is 2.27. The van der Waals surface area contributed by atoms with Gasteiger partial charge in [0.2, 0.25) is 6.79 Å². The zero-order valence-corrected chi connectivity index (χ0v) is 14.8. The quantitative estimate of drug-likeness (QED) is 0.727. The van der Waals surface area contributed by atoms with Gasteiger partial charge in [-0.1, -0.05) is 6.07 Å². The van der Waals surface area contributed by atoms with Gasteiger partial charge >= 0.3 is 0 Å². The number of ether oxygens (including phenoxy) is 2. The SMILES string of the molecule is O=C1NC[C@@H](NCc2ccc3c(c2)OCO3)n2nc(-c3ccc(F)cc3)cc21. The molecule has 0 aliphatic carbocycles. The molecule has 3 aromatic rings. The van der Waals surface area contributed by atoms with E-state index in [4.69, 9.17) is 9.47 Å². The van der Waals surface area contributed by atoms with Gasteiger partial charge in [-0.05, 0) is 48.0 Å². The van der Waals surface area contributed by atoms with E-state index >= 15 is 0 Å². The molecule has 0 fully saturated rings. The largest absolute Gasteiger partial charge is 0.454 e. The molecule has 2 aliphatic rings. The number of rotatable bonds is 4. The molecular formula is C20H17FN4O3. The average molecular weight is 380 g/mol. The molecule has 2 N–H and O–H groups in total. The lowest BCUT2D eigenvalue weighted by Crippen LogP contribution is -2.45. The molecule has 3 heterocycles. The van der Waals surface area contributed by atoms with Gasteiger partial charge in [-0.15, -0.1) is 0 Å². The number of nitrogens with zero attached hydrogens (tertiary/aromatic N) is 2. The third-order valence-corrected chi connectivity index (χ3v) is 4.84. The number of nitrogens with one attached hydrogen (secondary N) is 2. The van der Waals surface area contributed by atoms with Crippen LogP contribution in [0.4, 0.5) is 4.39 Å². The minimum absolute atomic E-state index is 0.179. The van der Waals surface area contributed by atoms with Gasteiger partial charge in [0.15, 0.2) is 11.5 Å². The van der Waals surface area contributed by atoms with Crippen molar-refractivity contribution >= 4 is 5.91 Å². The van der Waals surface area contributed by atoms with Gasteiger partial charge < -0.3 is 14.8 Å². The van der Waals surface area contributed by atoms with Crippen LogP contribution in [0.3, 0.4) is 0 Å². The van der Waals surface area contributed by atoms with E-state index < -0.39 is 0 Å². The molecule has 1 atom stereocenters. The molecule has 1 aromatic heterocycles. The first-order chi connectivity index (χ1) is 13.7. The molecular weight excluding hydrogens is 363 g/mol. The number of hydrogen-bond acceptors (Lipinski definition) is 5. The molecule has 7 nitrogen and oxygen atoms in total. The van der Waals surface area contributed by atoms with Crippen molar-refractivity contribution in [2.24, 2.45) is 0 Å². The van der Waals surface area contributed by atoms with E-state index in [1.54, 1.807) is 22.9 Å². The summed E-state index contributed by atoms with van der Waals surface area (Å²) in [4.78, 5) is 12.2. The summed E-state index contributed by atoms with van der Waals surface area (Å²) in [6, 6.07) is 13.6. The summed E-state index contributed by atoms with van der Waals surface area (Å²) in [7, 11) is 0. The lowest BCUT2D eigenvalue weighted by atomic mass is 10.1. The highest BCUT2D eigenvalue weighted by atomic mass is 19.1. The second-order valence-electron chi connectivity index (χ2n) is 6.66. The summed E-state index contributed by atoms with van der Waals surface area (Å²) in [5.41, 5.74) is 2.88. The van der Waals surface area contributed by atoms with E-state index in [2.05, 4.69) is 15.7 Å². The maximum Gasteiger partial charge on any atom is 0.269 e. The van der Waals surface area contributed by atoms with E-state index in [-0.39, 0.29) is 24.7 Å². The molecule has 8 heteroatoms. The van der Waals surface area contributed by atoms with Gasteiger partial charge in [0.05, 0.1) is 12.2 Å². The normalized spacial score (nSPS) is 17.3. The van der Waals surface area contributed by atoms with Gasteiger partial charge in [-0.2, -0.15) is 5.10 Å². The Morgan fingerprint density at radius 3 is 2.82 bits per heavy atom. The minimum atomic E-state index is -0.311. The van der Waals surface area contributed by atoms with Crippen LogP contribution in [0.2, 0.25) is 0 Å². The van der Waals surface area contributed by atoms with E-state index in [1.807, 2.05) is 18.2 Å². The predicted molar refractivity (Wildman–Crippen MR) is 98.4 cm³/mol. The van der Waals surface area contributed by atoms with Crippen molar-refractivity contribution in [1.29, 1.82) is 0 Å². The van der Waals surface area contributed by atoms with Crippen molar-refractivity contribution < 1.29 is 18.7 Å². The Kier molecular flexibility index (Phi) is 3.98. The number of aromatic nitrogens is 2. The molecule has 5 rings (SSSR count). The molecule has 0 spiro atoms. The summed E-state index contributed by atoms with van der Waals surface area (Å²) >= 11 is 0. The first kappa shape index (κ1) is 16.8. The predicted octanol–water partition coefficient (Wildman–Crippen LogP) is 2.45. The molecule has 2 aromatic carbocycles. The Bertz CT molecular complexity index is 1050. The standard InChI is InChI=1S/C20H17FN4O3/c21-14-4-2-13(3-5-14)15-8-16-20(26)23-10-19(25(16)24-15)22-9-12-1-6-17-18(7-12)28-11-27-17/h1-8,19,22H,9-11H2,(H,23,26)/t19-/m0/s1. The summed E-state index contributed by atoms with van der Waals surface area (Å²) in [5.74, 6) is 0.984. The van der Waals surface area contributed by atoms with Gasteiger partial charge in [0.25, 0.3) is 5.91 Å². The van der Waals surface area contributed by atoms with Crippen molar-refractivity contribution in [2.45, 2.75) is 12.7 Å². The third kappa shape index (κ3) is 2.97. The first-order valence-electron chi connectivity index (χ1n) is 8.93. The summed E-state index contributed by atoms with van der Waals surface area (Å²) in [6.45, 7) is 1.23. The number of benzene rings is 2. The zero-order valence-electron chi connectivity index (χ0n) is 14.8. The van der Waals surface area contributed by atoms with Crippen molar-refractivity contribution in [3.8, 4) is 22.8 Å². The Labute approximate surface area is 160 Å². The van der Waals surface area contributed by atoms with E-state index in [1.165, 1.54) is 12.1 Å². The number of amides is 1. The van der Waals surface area contributed by atoms with Crippen molar-refractivity contribution in [3.63, 3.8) is 0 Å². The van der Waals surface area contributed by atoms with Gasteiger partial charge in [-0.25, -0.2) is 9.07 Å². The molecule has 1 amide bonds. The van der Waals surface area contributed by atoms with Crippen molar-refractivity contribution in [1.82, 2.24) is 20.4 Å². The molecule has 0 unspecified atom stereocenters. The fourth-order valence-corrected chi connectivity index (χ4v) is 3.37. The van der Waals surface area contributed by atoms with Crippen molar-refractivity contribution in [2.75, 3.05) is 13.3 Å². The summed E-state index contributed by atoms with van der Waals surface area (Å²) < 4.78 is 25.6. The van der Waals surface area contributed by atoms with E-state index in [0.717, 1.165) is 22.6 Å². The van der Waals surface area contributed by atoms with Crippen LogP contribution in [-0.2, 0) is 6.54 Å². The number of halogens is 1. The average Bonchev–Trinajstić information content (AvgIpc) is 3.35. The number of carbonyl (C=O) groups excluding carboxylic acids is 1. The topological polar surface area (TPSA) is 77.4 Å². The third-order valence-electron chi connectivity index (χ3n) is 4.84. The van der Waals surface area contributed by atoms with Crippen LogP contribution in [-0.4, -0.2) is 29.0 Å². The maximum absolute atomic E-state index is 13.2. The van der Waals surface area contributed by atoms with Gasteiger partial charge in [0.1, 0.15) is 17.7 Å². The second-order valence-corrected chi connectivity index (χ2v) is 6.66. The Hall–Kier alpha value is -3.39. The fraction of sp³-hybridized carbons (Fsp3) is 0.200. The van der Waals surface area contributed by atoms with E-state index in [0.29, 0.717) is 24.5 Å². The lowest BCUT2D eigenvalue weighted by Gasteiger charge is -2.25. The highest BCUT2D eigenvalue weighted by molar-refractivity contribution is 5.94. The van der Waals surface area contributed by atoms with Crippen LogP contribution in [0.1, 0.15) is 22.2 Å². The molecule has 2 aliphatic heterocycles. The number of hydrogen-bond donors (Lipinski definition) is 2. The second kappa shape index (κ2) is 6.65. The molecule has 142 valence electrons. The monoisotopic (exact) mass is 380 g/mol. The van der Waals surface area contributed by atoms with Crippen LogP contribution in [0.5, 0.6) is 11.5 Å². The molecule has 28 heavy (non-hydrogen) atoms. The molecule has 0 radical (unpaired) electrons. The number of fused-ring (bicyclic) bond motifs is 2. The Morgan fingerprint density at radius 2 is 1.96 bits per heavy atom. The minimum Gasteiger partial charge on any atom is -0.454 e. The zero-order chi connectivity index (χ0) is 19.1. The highest BCUT2D eigenvalue weighted by Crippen LogP contribution is 2.32. The summed E-state index contributed by atoms with van der Waals surface area (Å²) in [5, 5.41) is 10.9. The van der Waals surface area contributed by atoms with Gasteiger partial charge in [-0.3, -0.25) is 10.1 Å². The van der Waals surface area contributed by atoms with E-state index in [9.17, 15) is 9.18 Å². The molecule has 0 saturated carbocycles. The smallest absolute Gasteiger partial charge is 0.269 e. The van der Waals surface area contributed by atoms with Gasteiger partial charge in [0, 0.05) is 12.1 Å². The molecule has 0 saturated heterocycles. The van der Waals surface area contributed by atoms with Crippen LogP contribution >= 0.6 is 0 Å². The lowest BCUT2D eigenvalue weighted by molar-refractivity contribution is 0.0900. The maximum atomic E-state index is 13.2. The Morgan fingerprint density at radius 1 is 1.14 bits per heavy atom. The first-order valence-corrected chi connectivity index (χ1v) is 8.93. The van der Waals surface area contributed by atoms with Crippen LogP contribution in [0.25, 0.3) is 11.3 Å². The summed E-state index contributed by atoms with van der Waals surface area (Å²) in [6.07, 6.45) is -0.202. The van der Waals surface area contributed by atoms with Crippen LogP contribution < -0.4 is 20.1 Å². The van der Waals surface area contributed by atoms with Crippen LogP contribution in [0.15, 0.2) is 48.5 Å². The molecule has 0 bridgehead atoms. The number of carbonyl (C=O) groups is 1. The van der Waals surface area contributed by atoms with Crippen molar-refractivity contribution in [3.05, 3.63) is 65.6 Å².